The van der Waals surface area contributed by atoms with E-state index in [-0.39, 0.29) is 15.4 Å². The summed E-state index contributed by atoms with van der Waals surface area (Å²) in [6, 6.07) is 8.38. The Morgan fingerprint density at radius 2 is 1.85 bits per heavy atom. The van der Waals surface area contributed by atoms with Gasteiger partial charge in [-0.25, -0.2) is 0 Å². The second-order valence-corrected chi connectivity index (χ2v) is 6.46. The van der Waals surface area contributed by atoms with Crippen LogP contribution in [-0.4, -0.2) is 0 Å². The highest BCUT2D eigenvalue weighted by Gasteiger charge is 2.38. The maximum Gasteiger partial charge on any atom is 0.298 e. The van der Waals surface area contributed by atoms with E-state index in [9.17, 15) is 23.1 Å². The van der Waals surface area contributed by atoms with Crippen LogP contribution in [0.15, 0.2) is 34.8 Å². The Labute approximate surface area is 120 Å². The van der Waals surface area contributed by atoms with Crippen LogP contribution in [0.2, 0.25) is 0 Å². The summed E-state index contributed by atoms with van der Waals surface area (Å²) in [5.74, 6) is 0. The molecule has 0 fully saturated rings. The summed E-state index contributed by atoms with van der Waals surface area (Å²) >= 11 is 2.84. The van der Waals surface area contributed by atoms with Gasteiger partial charge in [0.1, 0.15) is 0 Å². The fourth-order valence-corrected chi connectivity index (χ4v) is 2.96. The number of nitrogens with zero attached hydrogens (tertiary/aromatic N) is 1. The minimum Gasteiger partial charge on any atom is -0.806 e. The quantitative estimate of drug-likeness (QED) is 0.770. The average molecular weight is 360 g/mol. The van der Waals surface area contributed by atoms with Gasteiger partial charge in [-0.3, -0.25) is 0 Å². The van der Waals surface area contributed by atoms with Crippen LogP contribution < -0.4 is 9.79 Å². The number of fused-ring (bicyclic) bond motifs is 1. The second kappa shape index (κ2) is 4.90. The van der Waals surface area contributed by atoms with E-state index in [1.54, 1.807) is 0 Å². The van der Waals surface area contributed by atoms with Crippen molar-refractivity contribution in [1.29, 1.82) is 5.26 Å². The average Bonchev–Trinajstić information content (AvgIpc) is 2.35. The predicted octanol–water partition coefficient (Wildman–Crippen LogP) is 2.44. The summed E-state index contributed by atoms with van der Waals surface area (Å²) in [7, 11) is -6.14. The molecule has 0 amide bonds. The zero-order valence-corrected chi connectivity index (χ0v) is 12.1. The Morgan fingerprint density at radius 3 is 2.40 bits per heavy atom. The Morgan fingerprint density at radius 1 is 1.20 bits per heavy atom. The minimum atomic E-state index is -6.14. The lowest BCUT2D eigenvalue weighted by molar-refractivity contribution is -0.335. The third-order valence-electron chi connectivity index (χ3n) is 2.72. The summed E-state index contributed by atoms with van der Waals surface area (Å²) in [4.78, 5) is 21.4. The van der Waals surface area contributed by atoms with Crippen molar-refractivity contribution in [3.63, 3.8) is 0 Å². The zero-order valence-electron chi connectivity index (χ0n) is 9.64. The second-order valence-electron chi connectivity index (χ2n) is 4.04. The van der Waals surface area contributed by atoms with Gasteiger partial charge in [-0.2, -0.15) is 14.0 Å². The SMILES string of the molecule is N#Cc1ccc2cc(Br)c(C(F)(F)P(=O)([O-])[O-])cc2c1. The third kappa shape index (κ3) is 2.48. The highest BCUT2D eigenvalue weighted by molar-refractivity contribution is 9.10. The van der Waals surface area contributed by atoms with Gasteiger partial charge in [-0.15, -0.1) is 0 Å². The number of rotatable bonds is 2. The first-order valence-corrected chi connectivity index (χ1v) is 7.54. The standard InChI is InChI=1S/C12H7BrF2NO3P/c13-11-5-8-2-1-7(6-16)3-9(8)4-10(11)12(14,15)20(17,18)19/h1-5H,(H2,17,18,19)/p-2. The van der Waals surface area contributed by atoms with Crippen LogP contribution in [0.4, 0.5) is 8.78 Å². The van der Waals surface area contributed by atoms with Crippen molar-refractivity contribution in [1.82, 2.24) is 0 Å². The van der Waals surface area contributed by atoms with Crippen molar-refractivity contribution in [2.45, 2.75) is 5.66 Å². The van der Waals surface area contributed by atoms with Gasteiger partial charge in [-0.1, -0.05) is 22.0 Å². The van der Waals surface area contributed by atoms with Gasteiger partial charge in [0.2, 0.25) is 0 Å². The lowest BCUT2D eigenvalue weighted by Gasteiger charge is -2.38. The molecule has 8 heteroatoms. The fraction of sp³-hybridized carbons (Fsp3) is 0.0833. The number of hydrogen-bond donors (Lipinski definition) is 0. The van der Waals surface area contributed by atoms with Gasteiger partial charge < -0.3 is 14.4 Å². The zero-order chi connectivity index (χ0) is 15.1. The third-order valence-corrected chi connectivity index (χ3v) is 4.31. The maximum absolute atomic E-state index is 13.7. The molecule has 0 spiro atoms. The van der Waals surface area contributed by atoms with Crippen LogP contribution in [0.25, 0.3) is 10.8 Å². The Balaban J connectivity index is 2.75. The monoisotopic (exact) mass is 359 g/mol. The lowest BCUT2D eigenvalue weighted by Crippen LogP contribution is -2.30. The van der Waals surface area contributed by atoms with Crippen molar-refractivity contribution >= 4 is 34.3 Å². The molecule has 0 N–H and O–H groups in total. The van der Waals surface area contributed by atoms with Crippen LogP contribution in [0.5, 0.6) is 0 Å². The normalized spacial score (nSPS) is 12.4. The van der Waals surface area contributed by atoms with Crippen LogP contribution >= 0.6 is 23.5 Å². The molecule has 20 heavy (non-hydrogen) atoms. The van der Waals surface area contributed by atoms with Gasteiger partial charge in [0.15, 0.2) is 0 Å². The molecular weight excluding hydrogens is 355 g/mol. The van der Waals surface area contributed by atoms with E-state index in [1.807, 2.05) is 6.07 Å². The van der Waals surface area contributed by atoms with Gasteiger partial charge in [0.05, 0.1) is 11.6 Å². The van der Waals surface area contributed by atoms with E-state index in [2.05, 4.69) is 15.9 Å². The number of alkyl halides is 2. The predicted molar refractivity (Wildman–Crippen MR) is 67.9 cm³/mol. The molecule has 2 aromatic rings. The van der Waals surface area contributed by atoms with Crippen molar-refractivity contribution in [2.75, 3.05) is 0 Å². The molecule has 0 unspecified atom stereocenters. The van der Waals surface area contributed by atoms with E-state index in [1.165, 1.54) is 24.3 Å². The van der Waals surface area contributed by atoms with E-state index >= 15 is 0 Å². The summed E-state index contributed by atoms with van der Waals surface area (Å²) in [6.45, 7) is 0. The van der Waals surface area contributed by atoms with Crippen LogP contribution in [0.1, 0.15) is 11.1 Å². The summed E-state index contributed by atoms with van der Waals surface area (Å²) in [5, 5.41) is 9.53. The molecular formula is C12H5BrF2NO3P-2. The smallest absolute Gasteiger partial charge is 0.298 e. The van der Waals surface area contributed by atoms with Gasteiger partial charge in [0.25, 0.3) is 5.66 Å². The first-order valence-electron chi connectivity index (χ1n) is 5.20. The van der Waals surface area contributed by atoms with Crippen LogP contribution in [0.3, 0.4) is 0 Å². The van der Waals surface area contributed by atoms with E-state index in [4.69, 9.17) is 5.26 Å². The molecule has 0 aliphatic heterocycles. The summed E-state index contributed by atoms with van der Waals surface area (Å²) in [5.41, 5.74) is -5.22. The molecule has 2 rings (SSSR count). The molecule has 0 saturated carbocycles. The largest absolute Gasteiger partial charge is 0.806 e. The van der Waals surface area contributed by atoms with Crippen LogP contribution in [0, 0.1) is 11.3 Å². The van der Waals surface area contributed by atoms with Crippen molar-refractivity contribution in [3.05, 3.63) is 45.9 Å². The Kier molecular flexibility index (Phi) is 3.69. The molecule has 0 saturated heterocycles. The van der Waals surface area contributed by atoms with E-state index in [0.717, 1.165) is 6.07 Å². The molecule has 4 nitrogen and oxygen atoms in total. The molecule has 0 heterocycles. The van der Waals surface area contributed by atoms with Crippen LogP contribution in [-0.2, 0) is 10.2 Å². The van der Waals surface area contributed by atoms with E-state index < -0.39 is 18.8 Å². The molecule has 0 aromatic heterocycles. The van der Waals surface area contributed by atoms with Gasteiger partial charge in [0, 0.05) is 17.6 Å². The maximum atomic E-state index is 13.7. The number of nitriles is 1. The Bertz CT molecular complexity index is 782. The fourth-order valence-electron chi connectivity index (χ4n) is 1.72. The topological polar surface area (TPSA) is 87.0 Å². The van der Waals surface area contributed by atoms with Crippen molar-refractivity contribution in [2.24, 2.45) is 0 Å². The Hall–Kier alpha value is -1.32. The first-order chi connectivity index (χ1) is 9.16. The highest BCUT2D eigenvalue weighted by atomic mass is 79.9. The lowest BCUT2D eigenvalue weighted by atomic mass is 10.0. The summed E-state index contributed by atoms with van der Waals surface area (Å²) in [6.07, 6.45) is 0. The van der Waals surface area contributed by atoms with Gasteiger partial charge in [-0.05, 0) is 35.0 Å². The molecule has 0 radical (unpaired) electrons. The molecule has 2 aromatic carbocycles. The van der Waals surface area contributed by atoms with Crippen molar-refractivity contribution < 1.29 is 23.1 Å². The molecule has 0 atom stereocenters. The van der Waals surface area contributed by atoms with Gasteiger partial charge >= 0.3 is 0 Å². The number of benzene rings is 2. The number of hydrogen-bond acceptors (Lipinski definition) is 4. The highest BCUT2D eigenvalue weighted by Crippen LogP contribution is 2.55. The molecule has 0 aliphatic carbocycles. The summed E-state index contributed by atoms with van der Waals surface area (Å²) < 4.78 is 37.8. The van der Waals surface area contributed by atoms with Crippen molar-refractivity contribution in [3.8, 4) is 6.07 Å². The minimum absolute atomic E-state index is 0.188. The molecule has 104 valence electrons. The molecule has 0 aliphatic rings. The molecule has 0 bridgehead atoms. The first kappa shape index (κ1) is 15.1. The van der Waals surface area contributed by atoms with E-state index in [0.29, 0.717) is 5.39 Å². The number of halogens is 3.